The summed E-state index contributed by atoms with van der Waals surface area (Å²) in [6.07, 6.45) is 0. The Morgan fingerprint density at radius 3 is 1.75 bits per heavy atom. The van der Waals surface area contributed by atoms with E-state index in [9.17, 15) is 9.18 Å². The molecule has 0 saturated heterocycles. The normalized spacial score (nSPS) is 10.4. The van der Waals surface area contributed by atoms with Crippen LogP contribution in [0.25, 0.3) is 0 Å². The van der Waals surface area contributed by atoms with Crippen molar-refractivity contribution in [1.82, 2.24) is 0 Å². The average Bonchev–Trinajstić information content (AvgIpc) is 2.25. The van der Waals surface area contributed by atoms with Crippen LogP contribution in [0.2, 0.25) is 0 Å². The maximum Gasteiger partial charge on any atom is 0.302 e. The second kappa shape index (κ2) is 12.4. The molecular weight excluding hydrogens is 219 g/mol. The zero-order valence-electron chi connectivity index (χ0n) is 9.58. The van der Waals surface area contributed by atoms with Crippen LogP contribution in [0.5, 0.6) is 0 Å². The highest BCUT2D eigenvalue weighted by Crippen LogP contribution is 1.83. The molecule has 0 spiro atoms. The molecule has 0 bridgehead atoms. The molecule has 0 radical (unpaired) electrons. The zero-order chi connectivity index (χ0) is 12.1. The molecule has 0 aliphatic rings. The Morgan fingerprint density at radius 2 is 1.31 bits per heavy atom. The summed E-state index contributed by atoms with van der Waals surface area (Å²) < 4.78 is 31.3. The smallest absolute Gasteiger partial charge is 0.302 e. The van der Waals surface area contributed by atoms with E-state index in [4.69, 9.17) is 14.2 Å². The van der Waals surface area contributed by atoms with Crippen LogP contribution in [-0.4, -0.2) is 58.9 Å². The average molecular weight is 238 g/mol. The summed E-state index contributed by atoms with van der Waals surface area (Å²) in [5.74, 6) is -0.315. The van der Waals surface area contributed by atoms with Crippen LogP contribution in [0.3, 0.4) is 0 Å². The first kappa shape index (κ1) is 15.3. The fraction of sp³-hybridized carbons (Fsp3) is 0.900. The van der Waals surface area contributed by atoms with Gasteiger partial charge in [-0.1, -0.05) is 0 Å². The van der Waals surface area contributed by atoms with Crippen molar-refractivity contribution in [2.45, 2.75) is 6.92 Å². The van der Waals surface area contributed by atoms with Crippen molar-refractivity contribution in [1.29, 1.82) is 0 Å². The van der Waals surface area contributed by atoms with Crippen LogP contribution >= 0.6 is 0 Å². The Labute approximate surface area is 94.8 Å². The van der Waals surface area contributed by atoms with Crippen LogP contribution in [0.4, 0.5) is 4.39 Å². The van der Waals surface area contributed by atoms with Gasteiger partial charge in [0, 0.05) is 6.92 Å². The van der Waals surface area contributed by atoms with Crippen molar-refractivity contribution in [3.63, 3.8) is 0 Å². The van der Waals surface area contributed by atoms with Gasteiger partial charge >= 0.3 is 5.97 Å². The van der Waals surface area contributed by atoms with Gasteiger partial charge in [-0.05, 0) is 0 Å². The molecule has 0 N–H and O–H groups in total. The summed E-state index contributed by atoms with van der Waals surface area (Å²) in [5, 5.41) is 0. The van der Waals surface area contributed by atoms with Gasteiger partial charge in [-0.25, -0.2) is 4.39 Å². The molecule has 96 valence electrons. The summed E-state index contributed by atoms with van der Waals surface area (Å²) in [6.45, 7) is 3.30. The largest absolute Gasteiger partial charge is 0.463 e. The third kappa shape index (κ3) is 13.3. The lowest BCUT2D eigenvalue weighted by atomic mass is 10.7. The molecule has 0 fully saturated rings. The molecule has 16 heavy (non-hydrogen) atoms. The van der Waals surface area contributed by atoms with Gasteiger partial charge in [0.05, 0.1) is 39.6 Å². The molecule has 0 rings (SSSR count). The lowest BCUT2D eigenvalue weighted by Gasteiger charge is -2.06. The third-order valence-corrected chi connectivity index (χ3v) is 1.50. The van der Waals surface area contributed by atoms with Crippen LogP contribution in [0, 0.1) is 0 Å². The van der Waals surface area contributed by atoms with Gasteiger partial charge in [0.2, 0.25) is 0 Å². The molecule has 0 aliphatic carbocycles. The summed E-state index contributed by atoms with van der Waals surface area (Å²) >= 11 is 0. The van der Waals surface area contributed by atoms with Gasteiger partial charge in [-0.2, -0.15) is 0 Å². The monoisotopic (exact) mass is 238 g/mol. The topological polar surface area (TPSA) is 54.0 Å². The Morgan fingerprint density at radius 1 is 0.875 bits per heavy atom. The SMILES string of the molecule is CC(=O)OCCOCCOCCOCCF. The zero-order valence-corrected chi connectivity index (χ0v) is 9.58. The standard InChI is InChI=1S/C10H19FO5/c1-10(12)16-9-8-15-7-6-14-5-4-13-3-2-11/h2-9H2,1H3. The number of ether oxygens (including phenoxy) is 4. The molecule has 0 aliphatic heterocycles. The molecule has 5 nitrogen and oxygen atoms in total. The summed E-state index contributed by atoms with van der Waals surface area (Å²) in [5.41, 5.74) is 0. The minimum Gasteiger partial charge on any atom is -0.463 e. The van der Waals surface area contributed by atoms with Gasteiger partial charge in [-0.3, -0.25) is 4.79 Å². The number of esters is 1. The van der Waals surface area contributed by atoms with Crippen molar-refractivity contribution in [2.24, 2.45) is 0 Å². The Balaban J connectivity index is 2.90. The number of rotatable bonds is 11. The molecule has 0 atom stereocenters. The molecule has 6 heteroatoms. The van der Waals surface area contributed by atoms with Gasteiger partial charge in [0.25, 0.3) is 0 Å². The second-order valence-electron chi connectivity index (χ2n) is 2.87. The maximum atomic E-state index is 11.6. The van der Waals surface area contributed by atoms with Crippen LogP contribution in [-0.2, 0) is 23.7 Å². The number of carbonyl (C=O) groups excluding carboxylic acids is 1. The van der Waals surface area contributed by atoms with Gasteiger partial charge in [-0.15, -0.1) is 0 Å². The molecule has 0 aromatic carbocycles. The van der Waals surface area contributed by atoms with E-state index >= 15 is 0 Å². The van der Waals surface area contributed by atoms with Crippen molar-refractivity contribution in [2.75, 3.05) is 52.9 Å². The first-order chi connectivity index (χ1) is 7.77. The van der Waals surface area contributed by atoms with E-state index in [1.807, 2.05) is 0 Å². The van der Waals surface area contributed by atoms with E-state index in [0.29, 0.717) is 33.0 Å². The number of halogens is 1. The molecule has 0 amide bonds. The highest BCUT2D eigenvalue weighted by molar-refractivity contribution is 5.65. The predicted molar refractivity (Wildman–Crippen MR) is 55.1 cm³/mol. The fourth-order valence-electron chi connectivity index (χ4n) is 0.841. The van der Waals surface area contributed by atoms with E-state index in [1.54, 1.807) is 0 Å². The molecule has 0 aromatic rings. The van der Waals surface area contributed by atoms with E-state index < -0.39 is 6.67 Å². The number of hydrogen-bond acceptors (Lipinski definition) is 5. The van der Waals surface area contributed by atoms with Gasteiger partial charge in [0.1, 0.15) is 13.3 Å². The Bertz CT molecular complexity index is 165. The van der Waals surface area contributed by atoms with Crippen LogP contribution in [0.1, 0.15) is 6.92 Å². The Kier molecular flexibility index (Phi) is 11.8. The van der Waals surface area contributed by atoms with E-state index in [1.165, 1.54) is 6.92 Å². The molecule has 0 heterocycles. The lowest BCUT2D eigenvalue weighted by Crippen LogP contribution is -2.13. The molecule has 0 saturated carbocycles. The maximum absolute atomic E-state index is 11.6. The summed E-state index contributed by atoms with van der Waals surface area (Å²) in [6, 6.07) is 0. The molecule has 0 unspecified atom stereocenters. The third-order valence-electron chi connectivity index (χ3n) is 1.50. The van der Waals surface area contributed by atoms with Gasteiger partial charge < -0.3 is 18.9 Å². The molecular formula is C10H19FO5. The van der Waals surface area contributed by atoms with Crippen molar-refractivity contribution in [3.05, 3.63) is 0 Å². The second-order valence-corrected chi connectivity index (χ2v) is 2.87. The van der Waals surface area contributed by atoms with Crippen LogP contribution < -0.4 is 0 Å². The predicted octanol–water partition coefficient (Wildman–Crippen LogP) is 0.569. The van der Waals surface area contributed by atoms with E-state index in [-0.39, 0.29) is 19.2 Å². The number of hydrogen-bond donors (Lipinski definition) is 0. The highest BCUT2D eigenvalue weighted by atomic mass is 19.1. The quantitative estimate of drug-likeness (QED) is 0.389. The fourth-order valence-corrected chi connectivity index (χ4v) is 0.841. The number of alkyl halides is 1. The lowest BCUT2D eigenvalue weighted by molar-refractivity contribution is -0.142. The summed E-state index contributed by atoms with van der Waals surface area (Å²) in [4.78, 5) is 10.4. The van der Waals surface area contributed by atoms with Crippen molar-refractivity contribution in [3.8, 4) is 0 Å². The van der Waals surface area contributed by atoms with Crippen molar-refractivity contribution >= 4 is 5.97 Å². The minimum absolute atomic E-state index is 0.113. The van der Waals surface area contributed by atoms with Crippen molar-refractivity contribution < 1.29 is 28.1 Å². The molecule has 0 aromatic heterocycles. The van der Waals surface area contributed by atoms with E-state index in [2.05, 4.69) is 4.74 Å². The van der Waals surface area contributed by atoms with Gasteiger partial charge in [0.15, 0.2) is 0 Å². The Hall–Kier alpha value is -0.720. The first-order valence-electron chi connectivity index (χ1n) is 5.20. The highest BCUT2D eigenvalue weighted by Gasteiger charge is 1.93. The number of carbonyl (C=O) groups is 1. The van der Waals surface area contributed by atoms with Crippen LogP contribution in [0.15, 0.2) is 0 Å². The van der Waals surface area contributed by atoms with E-state index in [0.717, 1.165) is 0 Å². The summed E-state index contributed by atoms with van der Waals surface area (Å²) in [7, 11) is 0. The first-order valence-corrected chi connectivity index (χ1v) is 5.20. The minimum atomic E-state index is -0.473.